The third kappa shape index (κ3) is 3.96. The summed E-state index contributed by atoms with van der Waals surface area (Å²) < 4.78 is 11.0. The first-order chi connectivity index (χ1) is 11.7. The lowest BCUT2D eigenvalue weighted by Crippen LogP contribution is -2.30. The van der Waals surface area contributed by atoms with Gasteiger partial charge in [0.2, 0.25) is 5.91 Å². The van der Waals surface area contributed by atoms with E-state index in [1.54, 1.807) is 24.3 Å². The van der Waals surface area contributed by atoms with E-state index in [4.69, 9.17) is 8.83 Å². The molecule has 0 aliphatic rings. The fourth-order valence-electron chi connectivity index (χ4n) is 2.87. The van der Waals surface area contributed by atoms with E-state index in [0.717, 1.165) is 17.9 Å². The zero-order chi connectivity index (χ0) is 16.8. The molecule has 0 aliphatic carbocycles. The van der Waals surface area contributed by atoms with Crippen molar-refractivity contribution in [2.75, 3.05) is 6.54 Å². The zero-order valence-electron chi connectivity index (χ0n) is 13.7. The topological polar surface area (TPSA) is 46.6 Å². The van der Waals surface area contributed by atoms with Crippen molar-refractivity contribution in [1.29, 1.82) is 0 Å². The summed E-state index contributed by atoms with van der Waals surface area (Å²) in [6.07, 6.45) is 4.11. The van der Waals surface area contributed by atoms with Crippen molar-refractivity contribution in [2.45, 2.75) is 25.8 Å². The first-order valence-corrected chi connectivity index (χ1v) is 8.10. The van der Waals surface area contributed by atoms with Gasteiger partial charge < -0.3 is 13.7 Å². The van der Waals surface area contributed by atoms with Crippen molar-refractivity contribution in [3.8, 4) is 0 Å². The third-order valence-corrected chi connectivity index (χ3v) is 4.15. The summed E-state index contributed by atoms with van der Waals surface area (Å²) in [5.41, 5.74) is 1.19. The molecule has 0 radical (unpaired) electrons. The number of rotatable bonds is 7. The molecule has 1 unspecified atom stereocenters. The molecule has 4 nitrogen and oxygen atoms in total. The van der Waals surface area contributed by atoms with Crippen molar-refractivity contribution >= 4 is 5.91 Å². The second-order valence-corrected chi connectivity index (χ2v) is 5.79. The van der Waals surface area contributed by atoms with Crippen molar-refractivity contribution in [2.24, 2.45) is 0 Å². The van der Waals surface area contributed by atoms with Crippen molar-refractivity contribution in [3.05, 3.63) is 84.2 Å². The quantitative estimate of drug-likeness (QED) is 0.645. The molecule has 4 heteroatoms. The maximum Gasteiger partial charge on any atom is 0.219 e. The first-order valence-electron chi connectivity index (χ1n) is 8.10. The highest BCUT2D eigenvalue weighted by Gasteiger charge is 2.19. The molecule has 124 valence electrons. The molecule has 3 aromatic rings. The molecule has 1 atom stereocenters. The normalized spacial score (nSPS) is 12.0. The van der Waals surface area contributed by atoms with Gasteiger partial charge in [0.25, 0.3) is 0 Å². The maximum atomic E-state index is 12.0. The molecule has 2 heterocycles. The molecule has 0 spiro atoms. The average molecular weight is 323 g/mol. The first kappa shape index (κ1) is 16.1. The summed E-state index contributed by atoms with van der Waals surface area (Å²) in [7, 11) is 0. The van der Waals surface area contributed by atoms with Crippen LogP contribution in [0.3, 0.4) is 0 Å². The Labute approximate surface area is 141 Å². The Morgan fingerprint density at radius 2 is 1.75 bits per heavy atom. The van der Waals surface area contributed by atoms with Gasteiger partial charge in [-0.2, -0.15) is 0 Å². The van der Waals surface area contributed by atoms with Crippen molar-refractivity contribution < 1.29 is 13.6 Å². The van der Waals surface area contributed by atoms with E-state index >= 15 is 0 Å². The lowest BCUT2D eigenvalue weighted by atomic mass is 9.93. The monoisotopic (exact) mass is 323 g/mol. The predicted molar refractivity (Wildman–Crippen MR) is 91.4 cm³/mol. The number of amides is 1. The van der Waals surface area contributed by atoms with Crippen LogP contribution >= 0.6 is 0 Å². The molecule has 1 aromatic carbocycles. The summed E-state index contributed by atoms with van der Waals surface area (Å²) in [5.74, 6) is 1.87. The lowest BCUT2D eigenvalue weighted by Gasteiger charge is -2.23. The van der Waals surface area contributed by atoms with E-state index in [-0.39, 0.29) is 11.8 Å². The van der Waals surface area contributed by atoms with Crippen molar-refractivity contribution in [1.82, 2.24) is 4.90 Å². The summed E-state index contributed by atoms with van der Waals surface area (Å²) >= 11 is 0. The minimum atomic E-state index is 0.0395. The molecule has 0 saturated carbocycles. The second-order valence-electron chi connectivity index (χ2n) is 5.79. The van der Waals surface area contributed by atoms with Crippen LogP contribution in [0.2, 0.25) is 0 Å². The Morgan fingerprint density at radius 1 is 1.00 bits per heavy atom. The van der Waals surface area contributed by atoms with E-state index < -0.39 is 0 Å². The molecular formula is C20H21NO3. The molecule has 0 aliphatic heterocycles. The van der Waals surface area contributed by atoms with Gasteiger partial charge in [-0.05, 0) is 36.2 Å². The van der Waals surface area contributed by atoms with Gasteiger partial charge in [0, 0.05) is 19.4 Å². The standard InChI is InChI=1S/C20H21NO3/c1-16(22)21(15-18-9-5-13-23-18)12-11-19(20-10-6-14-24-20)17-7-3-2-4-8-17/h2-10,13-14,19H,11-12,15H2,1H3. The SMILES string of the molecule is CC(=O)N(CCC(c1ccccc1)c1ccco1)Cc1ccco1. The van der Waals surface area contributed by atoms with Crippen LogP contribution in [0.15, 0.2) is 76.0 Å². The maximum absolute atomic E-state index is 12.0. The summed E-state index contributed by atoms with van der Waals surface area (Å²) in [6, 6.07) is 17.9. The number of hydrogen-bond acceptors (Lipinski definition) is 3. The Kier molecular flexibility index (Phi) is 5.16. The fraction of sp³-hybridized carbons (Fsp3) is 0.250. The molecule has 0 N–H and O–H groups in total. The largest absolute Gasteiger partial charge is 0.469 e. The minimum Gasteiger partial charge on any atom is -0.469 e. The second kappa shape index (κ2) is 7.68. The summed E-state index contributed by atoms with van der Waals surface area (Å²) in [4.78, 5) is 13.8. The van der Waals surface area contributed by atoms with E-state index in [1.807, 2.05) is 42.5 Å². The Morgan fingerprint density at radius 3 is 2.38 bits per heavy atom. The van der Waals surface area contributed by atoms with E-state index in [0.29, 0.717) is 13.1 Å². The lowest BCUT2D eigenvalue weighted by molar-refractivity contribution is -0.129. The highest BCUT2D eigenvalue weighted by molar-refractivity contribution is 5.73. The van der Waals surface area contributed by atoms with Crippen LogP contribution in [0.5, 0.6) is 0 Å². The van der Waals surface area contributed by atoms with Crippen LogP contribution in [0, 0.1) is 0 Å². The van der Waals surface area contributed by atoms with Gasteiger partial charge in [-0.25, -0.2) is 0 Å². The van der Waals surface area contributed by atoms with Gasteiger partial charge in [-0.3, -0.25) is 4.79 Å². The molecule has 0 saturated heterocycles. The van der Waals surface area contributed by atoms with Gasteiger partial charge in [0.15, 0.2) is 0 Å². The Hall–Kier alpha value is -2.75. The molecule has 3 rings (SSSR count). The minimum absolute atomic E-state index is 0.0395. The number of benzene rings is 1. The number of carbonyl (C=O) groups excluding carboxylic acids is 1. The number of nitrogens with zero attached hydrogens (tertiary/aromatic N) is 1. The van der Waals surface area contributed by atoms with Crippen LogP contribution in [-0.4, -0.2) is 17.4 Å². The zero-order valence-corrected chi connectivity index (χ0v) is 13.7. The average Bonchev–Trinajstić information content (AvgIpc) is 3.28. The van der Waals surface area contributed by atoms with Crippen LogP contribution in [0.1, 0.15) is 36.3 Å². The molecule has 0 bridgehead atoms. The molecule has 1 amide bonds. The van der Waals surface area contributed by atoms with Crippen LogP contribution in [0.4, 0.5) is 0 Å². The van der Waals surface area contributed by atoms with Crippen molar-refractivity contribution in [3.63, 3.8) is 0 Å². The van der Waals surface area contributed by atoms with Gasteiger partial charge in [0.05, 0.1) is 19.1 Å². The van der Waals surface area contributed by atoms with Crippen LogP contribution < -0.4 is 0 Å². The molecular weight excluding hydrogens is 302 g/mol. The Balaban J connectivity index is 1.73. The fourth-order valence-corrected chi connectivity index (χ4v) is 2.87. The predicted octanol–water partition coefficient (Wildman–Crippen LogP) is 4.44. The Bertz CT molecular complexity index is 733. The van der Waals surface area contributed by atoms with Gasteiger partial charge in [0.1, 0.15) is 11.5 Å². The third-order valence-electron chi connectivity index (χ3n) is 4.15. The van der Waals surface area contributed by atoms with Crippen LogP contribution in [0.25, 0.3) is 0 Å². The summed E-state index contributed by atoms with van der Waals surface area (Å²) in [6.45, 7) is 2.71. The van der Waals surface area contributed by atoms with Gasteiger partial charge in [-0.1, -0.05) is 30.3 Å². The number of carbonyl (C=O) groups is 1. The number of hydrogen-bond donors (Lipinski definition) is 0. The highest BCUT2D eigenvalue weighted by atomic mass is 16.3. The molecule has 0 fully saturated rings. The molecule has 2 aromatic heterocycles. The number of furan rings is 2. The van der Waals surface area contributed by atoms with Crippen LogP contribution in [-0.2, 0) is 11.3 Å². The summed E-state index contributed by atoms with van der Waals surface area (Å²) in [5, 5.41) is 0. The van der Waals surface area contributed by atoms with Gasteiger partial charge >= 0.3 is 0 Å². The highest BCUT2D eigenvalue weighted by Crippen LogP contribution is 2.28. The molecule has 24 heavy (non-hydrogen) atoms. The van der Waals surface area contributed by atoms with E-state index in [2.05, 4.69) is 12.1 Å². The smallest absolute Gasteiger partial charge is 0.219 e. The van der Waals surface area contributed by atoms with E-state index in [9.17, 15) is 4.79 Å². The van der Waals surface area contributed by atoms with Gasteiger partial charge in [-0.15, -0.1) is 0 Å². The van der Waals surface area contributed by atoms with E-state index in [1.165, 1.54) is 5.56 Å².